The Morgan fingerprint density at radius 2 is 1.85 bits per heavy atom. The lowest BCUT2D eigenvalue weighted by atomic mass is 10.0. The summed E-state index contributed by atoms with van der Waals surface area (Å²) in [7, 11) is 5.96. The predicted octanol–water partition coefficient (Wildman–Crippen LogP) is 4.98. The lowest BCUT2D eigenvalue weighted by molar-refractivity contribution is -0.111. The molecule has 12 heteroatoms. The average molecular weight is 631 g/mol. The second kappa shape index (κ2) is 14.0. The molecule has 3 saturated heterocycles. The molecule has 0 saturated carbocycles. The van der Waals surface area contributed by atoms with Gasteiger partial charge in [0.2, 0.25) is 5.91 Å². The molecule has 11 nitrogen and oxygen atoms in total. The van der Waals surface area contributed by atoms with Crippen molar-refractivity contribution in [2.75, 3.05) is 74.6 Å². The Labute approximate surface area is 269 Å². The number of methoxy groups -OCH3 is 1. The van der Waals surface area contributed by atoms with E-state index in [2.05, 4.69) is 56.0 Å². The van der Waals surface area contributed by atoms with Crippen molar-refractivity contribution in [1.29, 1.82) is 0 Å². The molecule has 6 rings (SSSR count). The molecule has 1 aromatic heterocycles. The fourth-order valence-corrected chi connectivity index (χ4v) is 6.73. The molecule has 2 N–H and O–H groups in total. The highest BCUT2D eigenvalue weighted by molar-refractivity contribution is 6.02. The van der Waals surface area contributed by atoms with Crippen LogP contribution in [0.1, 0.15) is 37.3 Å². The van der Waals surface area contributed by atoms with Crippen molar-refractivity contribution >= 4 is 34.6 Å². The first-order chi connectivity index (χ1) is 22.3. The number of ether oxygens (including phenoxy) is 1. The zero-order chi connectivity index (χ0) is 32.2. The molecular weight excluding hydrogens is 587 g/mol. The van der Waals surface area contributed by atoms with Gasteiger partial charge < -0.3 is 25.2 Å². The number of rotatable bonds is 10. The lowest BCUT2D eigenvalue weighted by Gasteiger charge is -2.39. The highest BCUT2D eigenvalue weighted by Gasteiger charge is 2.33. The van der Waals surface area contributed by atoms with Gasteiger partial charge in [-0.1, -0.05) is 18.7 Å². The van der Waals surface area contributed by atoms with Gasteiger partial charge in [0, 0.05) is 56.8 Å². The maximum absolute atomic E-state index is 13.6. The number of likely N-dealkylation sites (tertiary alicyclic amines) is 1. The van der Waals surface area contributed by atoms with Crippen LogP contribution in [0.15, 0.2) is 61.4 Å². The van der Waals surface area contributed by atoms with Crippen LogP contribution in [0.5, 0.6) is 5.75 Å². The summed E-state index contributed by atoms with van der Waals surface area (Å²) in [6, 6.07) is 13.1. The summed E-state index contributed by atoms with van der Waals surface area (Å²) in [6.07, 6.45) is 6.80. The number of piperidine rings is 1. The van der Waals surface area contributed by atoms with E-state index in [1.165, 1.54) is 31.0 Å². The summed E-state index contributed by atoms with van der Waals surface area (Å²) in [5.74, 6) is 1.13. The van der Waals surface area contributed by atoms with E-state index in [0.29, 0.717) is 47.5 Å². The number of benzene rings is 2. The number of halogens is 1. The van der Waals surface area contributed by atoms with Crippen LogP contribution in [0.25, 0.3) is 0 Å². The molecule has 3 aliphatic rings. The molecule has 2 atom stereocenters. The Morgan fingerprint density at radius 1 is 1.07 bits per heavy atom. The molecule has 244 valence electrons. The van der Waals surface area contributed by atoms with Crippen LogP contribution in [0.4, 0.5) is 33.1 Å². The number of nitrogens with zero attached hydrogens (tertiary/aromatic N) is 6. The number of hydrogen-bond donors (Lipinski definition) is 2. The summed E-state index contributed by atoms with van der Waals surface area (Å²) in [5, 5.41) is 8.10. The monoisotopic (exact) mass is 630 g/mol. The van der Waals surface area contributed by atoms with Gasteiger partial charge in [0.15, 0.2) is 5.82 Å². The van der Waals surface area contributed by atoms with Gasteiger partial charge in [-0.15, -0.1) is 0 Å². The summed E-state index contributed by atoms with van der Waals surface area (Å²) < 4.78 is 19.4. The van der Waals surface area contributed by atoms with Crippen molar-refractivity contribution in [3.8, 4) is 5.75 Å². The molecule has 1 amide bonds. The summed E-state index contributed by atoms with van der Waals surface area (Å²) in [5.41, 5.74) is 3.14. The van der Waals surface area contributed by atoms with Gasteiger partial charge in [0.25, 0.3) is 0 Å². The van der Waals surface area contributed by atoms with Gasteiger partial charge >= 0.3 is 0 Å². The first-order valence-corrected chi connectivity index (χ1v) is 15.9. The molecule has 0 radical (unpaired) electrons. The topological polar surface area (TPSA) is 98.3 Å². The SMILES string of the molecule is C=CC(=O)Nc1cc(Nc2cc(N3OCC[C@@H]3c3ccc(F)cc3)ncn2)c(OC)cc1N1CCC(N2CCC(N(C)C)C2)CC1. The second-order valence-corrected chi connectivity index (χ2v) is 12.3. The predicted molar refractivity (Wildman–Crippen MR) is 178 cm³/mol. The molecular formula is C34H43FN8O3. The Morgan fingerprint density at radius 3 is 2.54 bits per heavy atom. The van der Waals surface area contributed by atoms with Crippen LogP contribution in [0.2, 0.25) is 0 Å². The van der Waals surface area contributed by atoms with E-state index in [-0.39, 0.29) is 17.8 Å². The summed E-state index contributed by atoms with van der Waals surface area (Å²) >= 11 is 0. The zero-order valence-corrected chi connectivity index (χ0v) is 26.8. The van der Waals surface area contributed by atoms with E-state index in [0.717, 1.165) is 56.7 Å². The molecule has 0 bridgehead atoms. The standard InChI is InChI=1S/C34H43FN8O3/c1-5-34(44)39-27-18-28(31(45-4)19-30(27)41-14-10-25(11-15-41)42-16-12-26(21-42)40(2)3)38-32-20-33(37-22-36-32)43-29(13-17-46-43)23-6-8-24(35)9-7-23/h5-9,18-20,22,25-26,29H,1,10-17,21H2,2-4H3,(H,39,44)(H,36,37,38)/t26?,29-/m1/s1. The smallest absolute Gasteiger partial charge is 0.247 e. The first kappa shape index (κ1) is 31.7. The number of anilines is 5. The molecule has 46 heavy (non-hydrogen) atoms. The van der Waals surface area contributed by atoms with E-state index >= 15 is 0 Å². The highest BCUT2D eigenvalue weighted by Crippen LogP contribution is 2.41. The van der Waals surface area contributed by atoms with Crippen molar-refractivity contribution < 1.29 is 18.8 Å². The number of amides is 1. The largest absolute Gasteiger partial charge is 0.494 e. The number of nitrogens with one attached hydrogen (secondary N) is 2. The van der Waals surface area contributed by atoms with Gasteiger partial charge in [0.05, 0.1) is 36.8 Å². The molecule has 0 aliphatic carbocycles. The molecule has 2 aromatic carbocycles. The Hall–Kier alpha value is -4.26. The van der Waals surface area contributed by atoms with Gasteiger partial charge in [0.1, 0.15) is 23.7 Å². The van der Waals surface area contributed by atoms with Crippen LogP contribution >= 0.6 is 0 Å². The normalized spacial score (nSPS) is 20.7. The third-order valence-electron chi connectivity index (χ3n) is 9.31. The number of hydrogen-bond acceptors (Lipinski definition) is 10. The van der Waals surface area contributed by atoms with E-state index in [1.54, 1.807) is 30.4 Å². The fraction of sp³-hybridized carbons (Fsp3) is 0.441. The molecule has 0 spiro atoms. The van der Waals surface area contributed by atoms with E-state index < -0.39 is 0 Å². The van der Waals surface area contributed by atoms with Crippen molar-refractivity contribution in [2.24, 2.45) is 0 Å². The quantitative estimate of drug-likeness (QED) is 0.299. The Balaban J connectivity index is 1.21. The number of carbonyl (C=O) groups is 1. The minimum absolute atomic E-state index is 0.109. The van der Waals surface area contributed by atoms with Crippen molar-refractivity contribution in [2.45, 2.75) is 43.8 Å². The maximum atomic E-state index is 13.6. The number of carbonyl (C=O) groups excluding carboxylic acids is 1. The third-order valence-corrected chi connectivity index (χ3v) is 9.31. The van der Waals surface area contributed by atoms with Gasteiger partial charge in [-0.25, -0.2) is 19.4 Å². The minimum atomic E-state index is -0.290. The minimum Gasteiger partial charge on any atom is -0.494 e. The van der Waals surface area contributed by atoms with Crippen LogP contribution < -0.4 is 25.3 Å². The molecule has 3 aromatic rings. The maximum Gasteiger partial charge on any atom is 0.247 e. The fourth-order valence-electron chi connectivity index (χ4n) is 6.73. The van der Waals surface area contributed by atoms with Crippen LogP contribution in [-0.2, 0) is 9.63 Å². The average Bonchev–Trinajstić information content (AvgIpc) is 3.77. The summed E-state index contributed by atoms with van der Waals surface area (Å²) in [6.45, 7) is 8.18. The molecule has 1 unspecified atom stereocenters. The van der Waals surface area contributed by atoms with Crippen LogP contribution in [-0.4, -0.2) is 91.7 Å². The third kappa shape index (κ3) is 6.93. The Bertz CT molecular complexity index is 1530. The zero-order valence-electron chi connectivity index (χ0n) is 26.8. The van der Waals surface area contributed by atoms with Crippen LogP contribution in [0, 0.1) is 5.82 Å². The van der Waals surface area contributed by atoms with E-state index in [4.69, 9.17) is 9.57 Å². The number of aromatic nitrogens is 2. The van der Waals surface area contributed by atoms with Gasteiger partial charge in [-0.05, 0) is 63.2 Å². The molecule has 3 aliphatic heterocycles. The molecule has 4 heterocycles. The molecule has 3 fully saturated rings. The summed E-state index contributed by atoms with van der Waals surface area (Å²) in [4.78, 5) is 34.7. The van der Waals surface area contributed by atoms with E-state index in [1.807, 2.05) is 12.1 Å². The lowest BCUT2D eigenvalue weighted by Crippen LogP contribution is -2.45. The van der Waals surface area contributed by atoms with Gasteiger partial charge in [-0.3, -0.25) is 14.5 Å². The number of likely N-dealkylation sites (N-methyl/N-ethyl adjacent to an activating group) is 1. The second-order valence-electron chi connectivity index (χ2n) is 12.3. The number of hydroxylamine groups is 1. The van der Waals surface area contributed by atoms with E-state index in [9.17, 15) is 9.18 Å². The van der Waals surface area contributed by atoms with Crippen molar-refractivity contribution in [1.82, 2.24) is 19.8 Å². The van der Waals surface area contributed by atoms with Crippen molar-refractivity contribution in [3.63, 3.8) is 0 Å². The Kier molecular flexibility index (Phi) is 9.67. The highest BCUT2D eigenvalue weighted by atomic mass is 19.1. The van der Waals surface area contributed by atoms with Gasteiger partial charge in [-0.2, -0.15) is 0 Å². The van der Waals surface area contributed by atoms with Crippen LogP contribution in [0.3, 0.4) is 0 Å². The van der Waals surface area contributed by atoms with Crippen molar-refractivity contribution in [3.05, 3.63) is 72.8 Å². The first-order valence-electron chi connectivity index (χ1n) is 15.9.